The molecule has 4 nitrogen and oxygen atoms in total. The third-order valence-corrected chi connectivity index (χ3v) is 3.46. The first kappa shape index (κ1) is 11.4. The molecular formula is C12H9ClN4S. The minimum Gasteiger partial charge on any atom is -0.368 e. The molecule has 0 bridgehead atoms. The fourth-order valence-electron chi connectivity index (χ4n) is 1.68. The molecule has 0 saturated heterocycles. The van der Waals surface area contributed by atoms with Crippen LogP contribution in [0.3, 0.4) is 0 Å². The third-order valence-electron chi connectivity index (χ3n) is 2.41. The molecule has 0 unspecified atom stereocenters. The molecule has 0 radical (unpaired) electrons. The average molecular weight is 277 g/mol. The predicted molar refractivity (Wildman–Crippen MR) is 73.9 cm³/mol. The molecule has 0 spiro atoms. The number of aromatic amines is 1. The van der Waals surface area contributed by atoms with Crippen molar-refractivity contribution in [2.75, 3.05) is 5.73 Å². The van der Waals surface area contributed by atoms with Gasteiger partial charge in [-0.1, -0.05) is 41.6 Å². The van der Waals surface area contributed by atoms with Crippen LogP contribution < -0.4 is 5.73 Å². The Morgan fingerprint density at radius 3 is 2.78 bits per heavy atom. The predicted octanol–water partition coefficient (Wildman–Crippen LogP) is 3.34. The Morgan fingerprint density at radius 2 is 2.00 bits per heavy atom. The van der Waals surface area contributed by atoms with E-state index in [1.165, 1.54) is 11.8 Å². The molecule has 3 rings (SSSR count). The number of hydrogen-bond donors (Lipinski definition) is 2. The molecule has 0 aliphatic heterocycles. The van der Waals surface area contributed by atoms with Crippen molar-refractivity contribution in [2.24, 2.45) is 0 Å². The van der Waals surface area contributed by atoms with E-state index in [1.807, 2.05) is 18.2 Å². The number of rotatable bonds is 2. The molecule has 3 N–H and O–H groups in total. The van der Waals surface area contributed by atoms with Crippen LogP contribution in [-0.2, 0) is 0 Å². The van der Waals surface area contributed by atoms with E-state index in [9.17, 15) is 0 Å². The zero-order chi connectivity index (χ0) is 12.5. The van der Waals surface area contributed by atoms with Crippen LogP contribution in [-0.4, -0.2) is 15.0 Å². The molecule has 3 aromatic rings. The number of fused-ring (bicyclic) bond motifs is 1. The van der Waals surface area contributed by atoms with Gasteiger partial charge in [0.05, 0.1) is 5.03 Å². The van der Waals surface area contributed by atoms with Crippen molar-refractivity contribution >= 4 is 40.2 Å². The first-order valence-corrected chi connectivity index (χ1v) is 6.46. The molecule has 0 amide bonds. The second kappa shape index (κ2) is 4.51. The Kier molecular flexibility index (Phi) is 2.85. The number of hydrogen-bond acceptors (Lipinski definition) is 4. The summed E-state index contributed by atoms with van der Waals surface area (Å²) in [5, 5.41) is 3.22. The number of anilines is 1. The Balaban J connectivity index is 1.96. The lowest BCUT2D eigenvalue weighted by Crippen LogP contribution is -1.95. The molecule has 0 saturated carbocycles. The molecule has 90 valence electrons. The van der Waals surface area contributed by atoms with Gasteiger partial charge in [-0.2, -0.15) is 0 Å². The zero-order valence-electron chi connectivity index (χ0n) is 9.22. The molecular weight excluding hydrogens is 268 g/mol. The number of benzene rings is 1. The number of nitrogens with two attached hydrogens (primary N) is 1. The van der Waals surface area contributed by atoms with Crippen molar-refractivity contribution < 1.29 is 0 Å². The maximum Gasteiger partial charge on any atom is 0.222 e. The fourth-order valence-corrected chi connectivity index (χ4v) is 2.82. The summed E-state index contributed by atoms with van der Waals surface area (Å²) in [7, 11) is 0. The summed E-state index contributed by atoms with van der Waals surface area (Å²) in [6.07, 6.45) is 0. The van der Waals surface area contributed by atoms with Gasteiger partial charge in [-0.25, -0.2) is 9.97 Å². The van der Waals surface area contributed by atoms with Crippen molar-refractivity contribution in [3.63, 3.8) is 0 Å². The molecule has 0 atom stereocenters. The van der Waals surface area contributed by atoms with Crippen molar-refractivity contribution in [1.82, 2.24) is 15.0 Å². The fraction of sp³-hybridized carbons (Fsp3) is 0. The highest BCUT2D eigenvalue weighted by Crippen LogP contribution is 2.29. The third kappa shape index (κ3) is 2.27. The molecule has 2 aromatic heterocycles. The van der Waals surface area contributed by atoms with Gasteiger partial charge in [0, 0.05) is 17.0 Å². The standard InChI is InChI=1S/C12H9ClN4S/c13-9-6-11(17-12(14)16-9)18-10-5-7-3-1-2-4-8(7)15-10/h1-6,15H,(H2,14,16,17). The molecule has 2 heterocycles. The van der Waals surface area contributed by atoms with E-state index in [4.69, 9.17) is 17.3 Å². The molecule has 6 heteroatoms. The second-order valence-electron chi connectivity index (χ2n) is 3.71. The summed E-state index contributed by atoms with van der Waals surface area (Å²) in [4.78, 5) is 11.3. The molecule has 18 heavy (non-hydrogen) atoms. The van der Waals surface area contributed by atoms with E-state index in [2.05, 4.69) is 27.1 Å². The quantitative estimate of drug-likeness (QED) is 0.705. The average Bonchev–Trinajstić information content (AvgIpc) is 2.69. The Morgan fingerprint density at radius 1 is 1.17 bits per heavy atom. The Labute approximate surface area is 113 Å². The van der Waals surface area contributed by atoms with Gasteiger partial charge >= 0.3 is 0 Å². The van der Waals surface area contributed by atoms with Crippen LogP contribution >= 0.6 is 23.4 Å². The lowest BCUT2D eigenvalue weighted by Gasteiger charge is -1.99. The van der Waals surface area contributed by atoms with Crippen molar-refractivity contribution in [3.05, 3.63) is 41.6 Å². The van der Waals surface area contributed by atoms with Crippen molar-refractivity contribution in [2.45, 2.75) is 10.1 Å². The lowest BCUT2D eigenvalue weighted by molar-refractivity contribution is 1.06. The number of H-pyrrole nitrogens is 1. The van der Waals surface area contributed by atoms with Crippen molar-refractivity contribution in [1.29, 1.82) is 0 Å². The maximum absolute atomic E-state index is 5.84. The highest BCUT2D eigenvalue weighted by molar-refractivity contribution is 7.99. The summed E-state index contributed by atoms with van der Waals surface area (Å²) >= 11 is 7.31. The summed E-state index contributed by atoms with van der Waals surface area (Å²) in [6.45, 7) is 0. The number of halogens is 1. The van der Waals surface area contributed by atoms with Crippen molar-refractivity contribution in [3.8, 4) is 0 Å². The van der Waals surface area contributed by atoms with Crippen LogP contribution in [0, 0.1) is 0 Å². The van der Waals surface area contributed by atoms with Crippen LogP contribution in [0.1, 0.15) is 0 Å². The molecule has 0 fully saturated rings. The van der Waals surface area contributed by atoms with Gasteiger partial charge in [0.2, 0.25) is 5.95 Å². The van der Waals surface area contributed by atoms with Gasteiger partial charge in [-0.3, -0.25) is 0 Å². The Hall–Kier alpha value is -1.72. The van der Waals surface area contributed by atoms with Crippen LogP contribution in [0.5, 0.6) is 0 Å². The normalized spacial score (nSPS) is 10.9. The maximum atomic E-state index is 5.84. The molecule has 1 aromatic carbocycles. The van der Waals surface area contributed by atoms with Crippen LogP contribution in [0.2, 0.25) is 5.15 Å². The minimum atomic E-state index is 0.182. The van der Waals surface area contributed by atoms with Gasteiger partial charge in [0.15, 0.2) is 0 Å². The number of nitrogens with one attached hydrogen (secondary N) is 1. The molecule has 0 aliphatic rings. The highest BCUT2D eigenvalue weighted by Gasteiger charge is 2.05. The monoisotopic (exact) mass is 276 g/mol. The van der Waals surface area contributed by atoms with E-state index >= 15 is 0 Å². The number of para-hydroxylation sites is 1. The van der Waals surface area contributed by atoms with Gasteiger partial charge in [-0.15, -0.1) is 0 Å². The minimum absolute atomic E-state index is 0.182. The molecule has 0 aliphatic carbocycles. The number of nitrogens with zero attached hydrogens (tertiary/aromatic N) is 2. The second-order valence-corrected chi connectivity index (χ2v) is 5.16. The zero-order valence-corrected chi connectivity index (χ0v) is 10.8. The smallest absolute Gasteiger partial charge is 0.222 e. The van der Waals surface area contributed by atoms with Crippen LogP contribution in [0.25, 0.3) is 10.9 Å². The largest absolute Gasteiger partial charge is 0.368 e. The summed E-state index contributed by atoms with van der Waals surface area (Å²) in [6, 6.07) is 11.8. The first-order chi connectivity index (χ1) is 8.70. The van der Waals surface area contributed by atoms with E-state index in [0.29, 0.717) is 5.15 Å². The summed E-state index contributed by atoms with van der Waals surface area (Å²) in [5.74, 6) is 0.182. The summed E-state index contributed by atoms with van der Waals surface area (Å²) < 4.78 is 0. The summed E-state index contributed by atoms with van der Waals surface area (Å²) in [5.41, 5.74) is 6.65. The van der Waals surface area contributed by atoms with Gasteiger partial charge in [0.25, 0.3) is 0 Å². The highest BCUT2D eigenvalue weighted by atomic mass is 35.5. The first-order valence-electron chi connectivity index (χ1n) is 5.26. The number of nitrogen functional groups attached to an aromatic ring is 1. The lowest BCUT2D eigenvalue weighted by atomic mass is 10.3. The van der Waals surface area contributed by atoms with E-state index in [-0.39, 0.29) is 5.95 Å². The number of aromatic nitrogens is 3. The van der Waals surface area contributed by atoms with Gasteiger partial charge in [0.1, 0.15) is 10.2 Å². The van der Waals surface area contributed by atoms with E-state index in [0.717, 1.165) is 21.0 Å². The SMILES string of the molecule is Nc1nc(Cl)cc(Sc2cc3ccccc3[nH]2)n1. The van der Waals surface area contributed by atoms with Crippen LogP contribution in [0.15, 0.2) is 46.5 Å². The van der Waals surface area contributed by atoms with Gasteiger partial charge in [-0.05, 0) is 12.1 Å². The van der Waals surface area contributed by atoms with Gasteiger partial charge < -0.3 is 10.7 Å². The van der Waals surface area contributed by atoms with E-state index < -0.39 is 0 Å². The topological polar surface area (TPSA) is 67.6 Å². The Bertz CT molecular complexity index is 657. The van der Waals surface area contributed by atoms with Crippen LogP contribution in [0.4, 0.5) is 5.95 Å². The van der Waals surface area contributed by atoms with E-state index in [1.54, 1.807) is 6.07 Å².